The maximum Gasteiger partial charge on any atom is 0.321 e. The molecule has 1 fully saturated rings. The lowest BCUT2D eigenvalue weighted by atomic mass is 10.1. The van der Waals surface area contributed by atoms with Crippen LogP contribution >= 0.6 is 11.8 Å². The molecule has 0 radical (unpaired) electrons. The van der Waals surface area contributed by atoms with E-state index < -0.39 is 0 Å². The van der Waals surface area contributed by atoms with Crippen LogP contribution in [0.15, 0.2) is 24.3 Å². The van der Waals surface area contributed by atoms with E-state index in [0.29, 0.717) is 11.2 Å². The lowest BCUT2D eigenvalue weighted by Gasteiger charge is -2.20. The minimum Gasteiger partial charge on any atom is -0.324 e. The van der Waals surface area contributed by atoms with Crippen LogP contribution in [-0.4, -0.2) is 55.3 Å². The third-order valence-electron chi connectivity index (χ3n) is 4.64. The first-order chi connectivity index (χ1) is 11.0. The summed E-state index contributed by atoms with van der Waals surface area (Å²) in [5.74, 6) is 0.591. The number of amides is 2. The predicted molar refractivity (Wildman–Crippen MR) is 100 cm³/mol. The summed E-state index contributed by atoms with van der Waals surface area (Å²) in [6, 6.07) is 8.20. The van der Waals surface area contributed by atoms with Gasteiger partial charge in [-0.2, -0.15) is 11.8 Å². The number of hydrogen-bond donors (Lipinski definition) is 1. The van der Waals surface area contributed by atoms with E-state index in [-0.39, 0.29) is 6.03 Å². The second-order valence-electron chi connectivity index (χ2n) is 6.39. The zero-order chi connectivity index (χ0) is 16.8. The molecule has 0 unspecified atom stereocenters. The first-order valence-electron chi connectivity index (χ1n) is 8.40. The minimum absolute atomic E-state index is 0.0283. The first-order valence-corrected chi connectivity index (χ1v) is 9.69. The van der Waals surface area contributed by atoms with Crippen LogP contribution in [0.5, 0.6) is 0 Å². The van der Waals surface area contributed by atoms with Crippen molar-refractivity contribution in [1.29, 1.82) is 0 Å². The number of hydrogen-bond acceptors (Lipinski definition) is 3. The molecule has 0 spiro atoms. The topological polar surface area (TPSA) is 35.6 Å². The van der Waals surface area contributed by atoms with Crippen molar-refractivity contribution >= 4 is 23.5 Å². The maximum absolute atomic E-state index is 12.5. The van der Waals surface area contributed by atoms with Crippen LogP contribution in [0.1, 0.15) is 31.1 Å². The third-order valence-corrected chi connectivity index (χ3v) is 5.62. The van der Waals surface area contributed by atoms with Gasteiger partial charge in [0.2, 0.25) is 0 Å². The molecule has 128 valence electrons. The summed E-state index contributed by atoms with van der Waals surface area (Å²) in [5, 5.41) is 3.49. The lowest BCUT2D eigenvalue weighted by Crippen LogP contribution is -2.34. The quantitative estimate of drug-likeness (QED) is 0.856. The first kappa shape index (κ1) is 18.1. The summed E-state index contributed by atoms with van der Waals surface area (Å²) in [6.07, 6.45) is 3.20. The number of nitrogens with zero attached hydrogens (tertiary/aromatic N) is 2. The van der Waals surface area contributed by atoms with Gasteiger partial charge in [0.05, 0.1) is 0 Å². The van der Waals surface area contributed by atoms with Crippen LogP contribution in [0.3, 0.4) is 0 Å². The zero-order valence-electron chi connectivity index (χ0n) is 14.7. The summed E-state index contributed by atoms with van der Waals surface area (Å²) >= 11 is 1.81. The van der Waals surface area contributed by atoms with Crippen LogP contribution in [0.4, 0.5) is 10.5 Å². The van der Waals surface area contributed by atoms with Crippen molar-refractivity contribution in [3.05, 3.63) is 29.8 Å². The van der Waals surface area contributed by atoms with E-state index in [9.17, 15) is 4.79 Å². The van der Waals surface area contributed by atoms with E-state index in [1.807, 2.05) is 28.8 Å². The Hall–Kier alpha value is -1.20. The van der Waals surface area contributed by atoms with E-state index in [1.54, 1.807) is 0 Å². The number of carbonyl (C=O) groups is 1. The summed E-state index contributed by atoms with van der Waals surface area (Å²) in [6.45, 7) is 8.19. The third kappa shape index (κ3) is 5.15. The Morgan fingerprint density at radius 2 is 2.30 bits per heavy atom. The molecular weight excluding hydrogens is 306 g/mol. The van der Waals surface area contributed by atoms with Gasteiger partial charge in [-0.25, -0.2) is 4.79 Å². The predicted octanol–water partition coefficient (Wildman–Crippen LogP) is 3.92. The summed E-state index contributed by atoms with van der Waals surface area (Å²) in [7, 11) is 2.14. The molecule has 1 N–H and O–H groups in total. The van der Waals surface area contributed by atoms with Gasteiger partial charge < -0.3 is 15.1 Å². The normalized spacial score (nSPS) is 19.2. The van der Waals surface area contributed by atoms with Crippen molar-refractivity contribution in [3.8, 4) is 0 Å². The van der Waals surface area contributed by atoms with Gasteiger partial charge in [0, 0.05) is 30.6 Å². The molecule has 2 atom stereocenters. The summed E-state index contributed by atoms with van der Waals surface area (Å²) < 4.78 is 0. The highest BCUT2D eigenvalue weighted by atomic mass is 32.2. The smallest absolute Gasteiger partial charge is 0.321 e. The fourth-order valence-electron chi connectivity index (χ4n) is 2.94. The molecule has 0 bridgehead atoms. The molecule has 1 aromatic rings. The van der Waals surface area contributed by atoms with Crippen molar-refractivity contribution in [3.63, 3.8) is 0 Å². The summed E-state index contributed by atoms with van der Waals surface area (Å²) in [5.41, 5.74) is 2.14. The Labute approximate surface area is 144 Å². The molecular formula is C18H29N3OS. The molecule has 2 amide bonds. The minimum atomic E-state index is 0.0283. The van der Waals surface area contributed by atoms with Crippen molar-refractivity contribution in [2.75, 3.05) is 44.8 Å². The van der Waals surface area contributed by atoms with E-state index >= 15 is 0 Å². The van der Waals surface area contributed by atoms with Crippen LogP contribution in [0, 0.1) is 5.92 Å². The molecule has 1 aliphatic rings. The van der Waals surface area contributed by atoms with Gasteiger partial charge in [0.15, 0.2) is 0 Å². The van der Waals surface area contributed by atoms with E-state index in [4.69, 9.17) is 0 Å². The van der Waals surface area contributed by atoms with Gasteiger partial charge in [-0.1, -0.05) is 19.1 Å². The van der Waals surface area contributed by atoms with E-state index in [2.05, 4.69) is 49.5 Å². The summed E-state index contributed by atoms with van der Waals surface area (Å²) in [4.78, 5) is 16.7. The van der Waals surface area contributed by atoms with E-state index in [0.717, 1.165) is 38.3 Å². The van der Waals surface area contributed by atoms with Crippen molar-refractivity contribution in [2.45, 2.75) is 25.5 Å². The van der Waals surface area contributed by atoms with Gasteiger partial charge in [0.1, 0.15) is 0 Å². The largest absolute Gasteiger partial charge is 0.324 e. The molecule has 5 heteroatoms. The van der Waals surface area contributed by atoms with Gasteiger partial charge in [0.25, 0.3) is 0 Å². The SMILES string of the molecule is CCN(C)C[C@H]1CCN(C(=O)Nc2cccc([C@H](C)SC)c2)C1. The van der Waals surface area contributed by atoms with Gasteiger partial charge in [-0.05, 0) is 56.8 Å². The fourth-order valence-corrected chi connectivity index (χ4v) is 3.36. The number of carbonyl (C=O) groups excluding carboxylic acids is 1. The molecule has 23 heavy (non-hydrogen) atoms. The second kappa shape index (κ2) is 8.60. The Morgan fingerprint density at radius 1 is 1.52 bits per heavy atom. The highest BCUT2D eigenvalue weighted by Gasteiger charge is 2.26. The molecule has 0 aliphatic carbocycles. The number of likely N-dealkylation sites (tertiary alicyclic amines) is 1. The fraction of sp³-hybridized carbons (Fsp3) is 0.611. The van der Waals surface area contributed by atoms with E-state index in [1.165, 1.54) is 5.56 Å². The number of anilines is 1. The number of thioether (sulfide) groups is 1. The highest BCUT2D eigenvalue weighted by molar-refractivity contribution is 7.98. The van der Waals surface area contributed by atoms with Crippen molar-refractivity contribution < 1.29 is 4.79 Å². The van der Waals surface area contributed by atoms with Gasteiger partial charge in [-0.15, -0.1) is 0 Å². The average molecular weight is 336 g/mol. The van der Waals surface area contributed by atoms with Crippen molar-refractivity contribution in [2.24, 2.45) is 5.92 Å². The van der Waals surface area contributed by atoms with Gasteiger partial charge in [-0.3, -0.25) is 0 Å². The Morgan fingerprint density at radius 3 is 3.00 bits per heavy atom. The average Bonchev–Trinajstić information content (AvgIpc) is 3.02. The van der Waals surface area contributed by atoms with Crippen molar-refractivity contribution in [1.82, 2.24) is 9.80 Å². The maximum atomic E-state index is 12.5. The van der Waals surface area contributed by atoms with Gasteiger partial charge >= 0.3 is 6.03 Å². The van der Waals surface area contributed by atoms with Crippen LogP contribution < -0.4 is 5.32 Å². The second-order valence-corrected chi connectivity index (χ2v) is 7.57. The molecule has 1 aliphatic heterocycles. The molecule has 0 saturated carbocycles. The van der Waals surface area contributed by atoms with Crippen LogP contribution in [0.25, 0.3) is 0 Å². The monoisotopic (exact) mass is 335 g/mol. The Balaban J connectivity index is 1.90. The standard InChI is InChI=1S/C18H29N3OS/c1-5-20(3)12-15-9-10-21(13-15)18(22)19-17-8-6-7-16(11-17)14(2)23-4/h6-8,11,14-15H,5,9-10,12-13H2,1-4H3,(H,19,22)/t14-,15+/m0/s1. The number of nitrogens with one attached hydrogen (secondary N) is 1. The number of benzene rings is 1. The molecule has 4 nitrogen and oxygen atoms in total. The molecule has 1 aromatic carbocycles. The molecule has 1 heterocycles. The molecule has 1 saturated heterocycles. The Bertz CT molecular complexity index is 523. The van der Waals surface area contributed by atoms with Crippen LogP contribution in [0.2, 0.25) is 0 Å². The zero-order valence-corrected chi connectivity index (χ0v) is 15.5. The van der Waals surface area contributed by atoms with Crippen LogP contribution in [-0.2, 0) is 0 Å². The number of urea groups is 1. The highest BCUT2D eigenvalue weighted by Crippen LogP contribution is 2.27. The molecule has 2 rings (SSSR count). The lowest BCUT2D eigenvalue weighted by molar-refractivity contribution is 0.218. The molecule has 0 aromatic heterocycles. The Kier molecular flexibility index (Phi) is 6.78. The number of rotatable bonds is 6.